The largest absolute Gasteiger partial charge is 0.457 e. The molecule has 50 heavy (non-hydrogen) atoms. The molecule has 8 nitrogen and oxygen atoms in total. The van der Waals surface area contributed by atoms with Crippen molar-refractivity contribution >= 4 is 80.9 Å². The van der Waals surface area contributed by atoms with Crippen LogP contribution in [0.4, 0.5) is 10.8 Å². The van der Waals surface area contributed by atoms with Crippen LogP contribution in [0.25, 0.3) is 28.7 Å². The van der Waals surface area contributed by atoms with E-state index in [0.717, 1.165) is 16.0 Å². The van der Waals surface area contributed by atoms with Crippen LogP contribution in [0, 0.1) is 0 Å². The summed E-state index contributed by atoms with van der Waals surface area (Å²) < 4.78 is 5.97. The lowest BCUT2D eigenvalue weighted by molar-refractivity contribution is -0.115. The average molecular weight is 740 g/mol. The second-order valence-electron chi connectivity index (χ2n) is 10.8. The van der Waals surface area contributed by atoms with Crippen molar-refractivity contribution in [2.24, 2.45) is 0 Å². The van der Waals surface area contributed by atoms with Gasteiger partial charge in [-0.25, -0.2) is 4.98 Å². The summed E-state index contributed by atoms with van der Waals surface area (Å²) in [5.41, 5.74) is 3.15. The van der Waals surface area contributed by atoms with Crippen LogP contribution < -0.4 is 16.0 Å². The van der Waals surface area contributed by atoms with Crippen LogP contribution >= 0.6 is 46.3 Å². The van der Waals surface area contributed by atoms with Gasteiger partial charge in [-0.15, -0.1) is 23.1 Å². The van der Waals surface area contributed by atoms with Crippen molar-refractivity contribution in [2.45, 2.75) is 17.1 Å². The number of benzene rings is 4. The van der Waals surface area contributed by atoms with E-state index in [2.05, 4.69) is 20.9 Å². The number of halogens is 2. The number of furan rings is 1. The van der Waals surface area contributed by atoms with E-state index in [1.807, 2.05) is 35.7 Å². The molecule has 2 heterocycles. The smallest absolute Gasteiger partial charge is 0.272 e. The molecule has 0 spiro atoms. The number of nitrogens with one attached hydrogen (secondary N) is 3. The molecule has 0 bridgehead atoms. The summed E-state index contributed by atoms with van der Waals surface area (Å²) >= 11 is 15.0. The van der Waals surface area contributed by atoms with Crippen molar-refractivity contribution in [3.8, 4) is 22.6 Å². The lowest BCUT2D eigenvalue weighted by atomic mass is 10.2. The van der Waals surface area contributed by atoms with Crippen molar-refractivity contribution in [3.63, 3.8) is 0 Å². The number of nitrogens with zero attached hydrogens (tertiary/aromatic N) is 1. The van der Waals surface area contributed by atoms with Gasteiger partial charge in [-0.1, -0.05) is 71.7 Å². The van der Waals surface area contributed by atoms with E-state index in [1.165, 1.54) is 29.2 Å². The van der Waals surface area contributed by atoms with E-state index in [4.69, 9.17) is 27.6 Å². The molecule has 250 valence electrons. The molecule has 0 saturated heterocycles. The summed E-state index contributed by atoms with van der Waals surface area (Å²) in [4.78, 5) is 44.8. The molecule has 0 saturated carbocycles. The fraction of sp³-hybridized carbons (Fsp3) is 0.0526. The Bertz CT molecular complexity index is 2170. The van der Waals surface area contributed by atoms with E-state index < -0.39 is 17.1 Å². The summed E-state index contributed by atoms with van der Waals surface area (Å²) in [6.07, 6.45) is 1.49. The Labute approximate surface area is 306 Å². The van der Waals surface area contributed by atoms with Gasteiger partial charge in [-0.3, -0.25) is 14.4 Å². The second-order valence-corrected chi connectivity index (χ2v) is 14.0. The minimum atomic E-state index is -0.539. The van der Waals surface area contributed by atoms with Crippen LogP contribution in [0.2, 0.25) is 10.0 Å². The average Bonchev–Trinajstić information content (AvgIpc) is 3.79. The number of carbonyl (C=O) groups excluding carboxylic acids is 3. The van der Waals surface area contributed by atoms with Crippen LogP contribution in [0.3, 0.4) is 0 Å². The zero-order chi connectivity index (χ0) is 35.0. The SMILES string of the molecule is C[C@H](Sc1ccc(NC(=O)/C(=C/c2ccc(-c3ccccc3)o2)NC(=O)c2ccccc2)cc1)C(=O)Nc1nc(-c2ccc(Cl)cc2Cl)cs1. The Kier molecular flexibility index (Phi) is 11.1. The highest BCUT2D eigenvalue weighted by atomic mass is 35.5. The fourth-order valence-electron chi connectivity index (χ4n) is 4.70. The number of thiazole rings is 1. The predicted molar refractivity (Wildman–Crippen MR) is 203 cm³/mol. The molecular formula is C38H28Cl2N4O4S2. The molecule has 3 N–H and O–H groups in total. The van der Waals surface area contributed by atoms with E-state index in [9.17, 15) is 14.4 Å². The molecular weight excluding hydrogens is 711 g/mol. The number of hydrogen-bond acceptors (Lipinski definition) is 7. The molecule has 0 aliphatic heterocycles. The molecule has 3 amide bonds. The maximum Gasteiger partial charge on any atom is 0.272 e. The van der Waals surface area contributed by atoms with E-state index in [0.29, 0.717) is 43.6 Å². The molecule has 0 aliphatic rings. The number of carbonyl (C=O) groups is 3. The van der Waals surface area contributed by atoms with Gasteiger partial charge >= 0.3 is 0 Å². The molecule has 0 unspecified atom stereocenters. The minimum Gasteiger partial charge on any atom is -0.457 e. The molecule has 4 aromatic carbocycles. The Hall–Kier alpha value is -5.13. The van der Waals surface area contributed by atoms with E-state index in [-0.39, 0.29) is 11.6 Å². The third-order valence-electron chi connectivity index (χ3n) is 7.24. The summed E-state index contributed by atoms with van der Waals surface area (Å²) in [6.45, 7) is 1.80. The van der Waals surface area contributed by atoms with Crippen LogP contribution in [0.5, 0.6) is 0 Å². The topological polar surface area (TPSA) is 113 Å². The zero-order valence-corrected chi connectivity index (χ0v) is 29.5. The number of aromatic nitrogens is 1. The first-order chi connectivity index (χ1) is 24.2. The van der Waals surface area contributed by atoms with Crippen LogP contribution in [0.1, 0.15) is 23.0 Å². The molecule has 2 aromatic heterocycles. The number of rotatable bonds is 11. The number of anilines is 2. The first-order valence-electron chi connectivity index (χ1n) is 15.2. The van der Waals surface area contributed by atoms with Crippen molar-refractivity contribution < 1.29 is 18.8 Å². The van der Waals surface area contributed by atoms with Gasteiger partial charge in [0.05, 0.1) is 16.0 Å². The monoisotopic (exact) mass is 738 g/mol. The van der Waals surface area contributed by atoms with Crippen molar-refractivity contribution in [2.75, 3.05) is 10.6 Å². The third kappa shape index (κ3) is 8.90. The van der Waals surface area contributed by atoms with Crippen LogP contribution in [-0.2, 0) is 9.59 Å². The Balaban J connectivity index is 1.10. The highest BCUT2D eigenvalue weighted by Crippen LogP contribution is 2.33. The maximum absolute atomic E-state index is 13.5. The molecule has 6 aromatic rings. The van der Waals surface area contributed by atoms with Gasteiger partial charge in [-0.2, -0.15) is 0 Å². The van der Waals surface area contributed by atoms with Gasteiger partial charge in [-0.05, 0) is 73.7 Å². The lowest BCUT2D eigenvalue weighted by Gasteiger charge is -2.13. The Morgan fingerprint density at radius 2 is 1.58 bits per heavy atom. The summed E-state index contributed by atoms with van der Waals surface area (Å²) in [5.74, 6) is -0.176. The molecule has 12 heteroatoms. The summed E-state index contributed by atoms with van der Waals surface area (Å²) in [6, 6.07) is 34.0. The van der Waals surface area contributed by atoms with Crippen molar-refractivity contribution in [1.82, 2.24) is 10.3 Å². The van der Waals surface area contributed by atoms with E-state index >= 15 is 0 Å². The normalized spacial score (nSPS) is 11.9. The molecule has 6 rings (SSSR count). The fourth-order valence-corrected chi connectivity index (χ4v) is 6.79. The predicted octanol–water partition coefficient (Wildman–Crippen LogP) is 9.91. The first-order valence-corrected chi connectivity index (χ1v) is 17.8. The standard InChI is InChI=1S/C38H28Cl2N4O4S2/c1-23(35(45)44-38-43-33(22-49-38)30-18-12-26(39)20-31(30)40)50-29-16-13-27(14-17-29)41-37(47)32(42-36(46)25-10-6-3-7-11-25)21-28-15-19-34(48-28)24-8-4-2-5-9-24/h2-23H,1H3,(H,41,47)(H,42,46)(H,43,44,45)/b32-21-/t23-/m0/s1. The van der Waals surface area contributed by atoms with Gasteiger partial charge in [0.1, 0.15) is 17.2 Å². The van der Waals surface area contributed by atoms with Gasteiger partial charge in [0.2, 0.25) is 5.91 Å². The quantitative estimate of drug-likeness (QED) is 0.0901. The number of hydrogen-bond donors (Lipinski definition) is 3. The molecule has 0 radical (unpaired) electrons. The third-order valence-corrected chi connectivity index (χ3v) is 9.65. The van der Waals surface area contributed by atoms with E-state index in [1.54, 1.807) is 91.9 Å². The van der Waals surface area contributed by atoms with Gasteiger partial charge in [0.25, 0.3) is 11.8 Å². The maximum atomic E-state index is 13.5. The summed E-state index contributed by atoms with van der Waals surface area (Å²) in [5, 5.41) is 11.3. The first kappa shape index (κ1) is 34.7. The number of thioether (sulfide) groups is 1. The van der Waals surface area contributed by atoms with Crippen LogP contribution in [0.15, 0.2) is 136 Å². The Morgan fingerprint density at radius 3 is 2.30 bits per heavy atom. The highest BCUT2D eigenvalue weighted by molar-refractivity contribution is 8.00. The van der Waals surface area contributed by atoms with Crippen molar-refractivity contribution in [3.05, 3.63) is 148 Å². The molecule has 0 aliphatic carbocycles. The van der Waals surface area contributed by atoms with Gasteiger partial charge < -0.3 is 20.4 Å². The zero-order valence-electron chi connectivity index (χ0n) is 26.4. The van der Waals surface area contributed by atoms with Gasteiger partial charge in [0, 0.05) is 43.8 Å². The molecule has 0 fully saturated rings. The van der Waals surface area contributed by atoms with Gasteiger partial charge in [0.15, 0.2) is 5.13 Å². The minimum absolute atomic E-state index is 0.000220. The highest BCUT2D eigenvalue weighted by Gasteiger charge is 2.19. The molecule has 1 atom stereocenters. The summed E-state index contributed by atoms with van der Waals surface area (Å²) in [7, 11) is 0. The lowest BCUT2D eigenvalue weighted by Crippen LogP contribution is -2.30. The number of amides is 3. The van der Waals surface area contributed by atoms with Crippen molar-refractivity contribution in [1.29, 1.82) is 0 Å². The second kappa shape index (κ2) is 16.1. The Morgan fingerprint density at radius 1 is 0.860 bits per heavy atom. The van der Waals surface area contributed by atoms with Crippen LogP contribution in [-0.4, -0.2) is 28.0 Å².